The average Bonchev–Trinajstić information content (AvgIpc) is 2.35. The quantitative estimate of drug-likeness (QED) is 0.715. The zero-order valence-corrected chi connectivity index (χ0v) is 10.1. The van der Waals surface area contributed by atoms with Crippen LogP contribution in [-0.4, -0.2) is 31.8 Å². The van der Waals surface area contributed by atoms with Crippen molar-refractivity contribution in [1.29, 1.82) is 0 Å². The second-order valence-electron chi connectivity index (χ2n) is 3.93. The molecule has 17 heavy (non-hydrogen) atoms. The van der Waals surface area contributed by atoms with E-state index in [4.69, 9.17) is 4.74 Å². The third kappa shape index (κ3) is 5.36. The van der Waals surface area contributed by atoms with Gasteiger partial charge < -0.3 is 15.4 Å². The summed E-state index contributed by atoms with van der Waals surface area (Å²) in [6, 6.07) is 0.222. The Morgan fingerprint density at radius 1 is 1.41 bits per heavy atom. The maximum atomic E-state index is 11.5. The van der Waals surface area contributed by atoms with Crippen LogP contribution in [0.1, 0.15) is 12.8 Å². The smallest absolute Gasteiger partial charge is 0.407 e. The van der Waals surface area contributed by atoms with Gasteiger partial charge in [-0.25, -0.2) is 4.79 Å². The first-order valence-corrected chi connectivity index (χ1v) is 5.84. The largest absolute Gasteiger partial charge is 0.445 e. The van der Waals surface area contributed by atoms with Crippen LogP contribution in [0, 0.1) is 0 Å². The van der Waals surface area contributed by atoms with Gasteiger partial charge in [0.2, 0.25) is 0 Å². The van der Waals surface area contributed by atoms with Gasteiger partial charge >= 0.3 is 6.09 Å². The Bertz CT molecular complexity index is 305. The highest BCUT2D eigenvalue weighted by Crippen LogP contribution is 2.03. The van der Waals surface area contributed by atoms with E-state index in [1.54, 1.807) is 18.2 Å². The minimum absolute atomic E-state index is 0.222. The number of nitrogens with one attached hydrogen (secondary N) is 2. The van der Waals surface area contributed by atoms with E-state index in [1.165, 1.54) is 0 Å². The van der Waals surface area contributed by atoms with Gasteiger partial charge in [0.05, 0.1) is 0 Å². The van der Waals surface area contributed by atoms with Crippen LogP contribution in [0.2, 0.25) is 0 Å². The van der Waals surface area contributed by atoms with Gasteiger partial charge in [0.25, 0.3) is 0 Å². The molecule has 1 amide bonds. The van der Waals surface area contributed by atoms with Crippen molar-refractivity contribution in [1.82, 2.24) is 10.6 Å². The summed E-state index contributed by atoms with van der Waals surface area (Å²) in [5, 5.41) is 6.09. The fraction of sp³-hybridized carbons (Fsp3) is 0.462. The molecular weight excluding hydrogens is 216 g/mol. The summed E-state index contributed by atoms with van der Waals surface area (Å²) in [5.41, 5.74) is 0.834. The summed E-state index contributed by atoms with van der Waals surface area (Å²) >= 11 is 0. The number of ether oxygens (including phenoxy) is 1. The van der Waals surface area contributed by atoms with Crippen LogP contribution in [-0.2, 0) is 4.74 Å². The van der Waals surface area contributed by atoms with Gasteiger partial charge in [-0.3, -0.25) is 0 Å². The van der Waals surface area contributed by atoms with Gasteiger partial charge in [-0.2, -0.15) is 0 Å². The van der Waals surface area contributed by atoms with Crippen LogP contribution in [0.15, 0.2) is 37.0 Å². The van der Waals surface area contributed by atoms with E-state index < -0.39 is 0 Å². The Morgan fingerprint density at radius 2 is 2.12 bits per heavy atom. The molecule has 1 fully saturated rings. The number of hydrogen-bond donors (Lipinski definition) is 2. The molecule has 0 atom stereocenters. The van der Waals surface area contributed by atoms with Gasteiger partial charge in [-0.1, -0.05) is 31.4 Å². The monoisotopic (exact) mass is 236 g/mol. The maximum Gasteiger partial charge on any atom is 0.407 e. The van der Waals surface area contributed by atoms with Crippen molar-refractivity contribution in [2.24, 2.45) is 0 Å². The van der Waals surface area contributed by atoms with Crippen molar-refractivity contribution in [3.63, 3.8) is 0 Å². The number of allylic oxidation sites excluding steroid dienone is 2. The van der Waals surface area contributed by atoms with E-state index in [2.05, 4.69) is 23.8 Å². The van der Waals surface area contributed by atoms with Crippen LogP contribution >= 0.6 is 0 Å². The molecule has 0 bridgehead atoms. The molecular formula is C13H20N2O2. The van der Waals surface area contributed by atoms with Crippen molar-refractivity contribution < 1.29 is 9.53 Å². The number of carbonyl (C=O) groups excluding carboxylic acids is 1. The summed E-state index contributed by atoms with van der Waals surface area (Å²) in [6.45, 7) is 9.33. The van der Waals surface area contributed by atoms with Gasteiger partial charge in [-0.15, -0.1) is 0 Å². The van der Waals surface area contributed by atoms with Gasteiger partial charge in [0, 0.05) is 6.04 Å². The van der Waals surface area contributed by atoms with E-state index in [0.29, 0.717) is 0 Å². The molecule has 1 heterocycles. The third-order valence-electron chi connectivity index (χ3n) is 2.63. The molecule has 0 saturated carbocycles. The van der Waals surface area contributed by atoms with Crippen molar-refractivity contribution in [2.45, 2.75) is 18.9 Å². The standard InChI is InChI=1S/C13H20N2O2/c1-3-5-11(4-2)10-17-13(16)15-12-6-8-14-9-7-12/h3-5,12,14H,1-2,6-10H2,(H,15,16)/b11-5+. The highest BCUT2D eigenvalue weighted by molar-refractivity contribution is 5.67. The zero-order chi connectivity index (χ0) is 12.5. The Hall–Kier alpha value is -1.55. The highest BCUT2D eigenvalue weighted by atomic mass is 16.5. The SMILES string of the molecule is C=C/C=C(\C=C)COC(=O)NC1CCNCC1. The number of rotatable bonds is 5. The number of piperidine rings is 1. The molecule has 0 radical (unpaired) electrons. The molecule has 0 spiro atoms. The van der Waals surface area contributed by atoms with Crippen LogP contribution in [0.25, 0.3) is 0 Å². The molecule has 0 unspecified atom stereocenters. The van der Waals surface area contributed by atoms with Crippen LogP contribution in [0.5, 0.6) is 0 Å². The Labute approximate surface area is 102 Å². The van der Waals surface area contributed by atoms with Gasteiger partial charge in [0.1, 0.15) is 6.61 Å². The molecule has 1 aliphatic heterocycles. The maximum absolute atomic E-state index is 11.5. The van der Waals surface area contributed by atoms with E-state index in [0.717, 1.165) is 31.5 Å². The molecule has 1 rings (SSSR count). The number of carbonyl (C=O) groups is 1. The summed E-state index contributed by atoms with van der Waals surface area (Å²) in [7, 11) is 0. The van der Waals surface area contributed by atoms with Crippen molar-refractivity contribution >= 4 is 6.09 Å². The van der Waals surface area contributed by atoms with Crippen LogP contribution < -0.4 is 10.6 Å². The summed E-state index contributed by atoms with van der Waals surface area (Å²) in [6.07, 6.45) is 6.60. The number of amides is 1. The Morgan fingerprint density at radius 3 is 2.71 bits per heavy atom. The minimum atomic E-state index is -0.367. The lowest BCUT2D eigenvalue weighted by Gasteiger charge is -2.23. The topological polar surface area (TPSA) is 50.4 Å². The average molecular weight is 236 g/mol. The van der Waals surface area contributed by atoms with Crippen LogP contribution in [0.3, 0.4) is 0 Å². The summed E-state index contributed by atoms with van der Waals surface area (Å²) < 4.78 is 5.09. The molecule has 0 aliphatic carbocycles. The van der Waals surface area contributed by atoms with E-state index in [1.807, 2.05) is 0 Å². The molecule has 1 saturated heterocycles. The molecule has 94 valence electrons. The number of hydrogen-bond acceptors (Lipinski definition) is 3. The van der Waals surface area contributed by atoms with E-state index in [9.17, 15) is 4.79 Å². The lowest BCUT2D eigenvalue weighted by Crippen LogP contribution is -2.43. The highest BCUT2D eigenvalue weighted by Gasteiger charge is 2.15. The van der Waals surface area contributed by atoms with Crippen molar-refractivity contribution in [3.8, 4) is 0 Å². The van der Waals surface area contributed by atoms with Crippen LogP contribution in [0.4, 0.5) is 4.79 Å². The predicted octanol–water partition coefficient (Wildman–Crippen LogP) is 1.76. The van der Waals surface area contributed by atoms with Crippen molar-refractivity contribution in [2.75, 3.05) is 19.7 Å². The summed E-state index contributed by atoms with van der Waals surface area (Å²) in [5.74, 6) is 0. The lowest BCUT2D eigenvalue weighted by molar-refractivity contribution is 0.150. The number of alkyl carbamates (subject to hydrolysis) is 1. The van der Waals surface area contributed by atoms with Gasteiger partial charge in [0.15, 0.2) is 0 Å². The van der Waals surface area contributed by atoms with Crippen molar-refractivity contribution in [3.05, 3.63) is 37.0 Å². The third-order valence-corrected chi connectivity index (χ3v) is 2.63. The molecule has 0 aromatic carbocycles. The van der Waals surface area contributed by atoms with E-state index in [-0.39, 0.29) is 18.7 Å². The van der Waals surface area contributed by atoms with E-state index >= 15 is 0 Å². The Balaban J connectivity index is 2.26. The first-order valence-electron chi connectivity index (χ1n) is 5.84. The fourth-order valence-electron chi connectivity index (χ4n) is 1.65. The predicted molar refractivity (Wildman–Crippen MR) is 68.9 cm³/mol. The molecule has 4 nitrogen and oxygen atoms in total. The molecule has 1 aliphatic rings. The molecule has 0 aromatic heterocycles. The fourth-order valence-corrected chi connectivity index (χ4v) is 1.65. The molecule has 4 heteroatoms. The zero-order valence-electron chi connectivity index (χ0n) is 10.1. The summed E-state index contributed by atoms with van der Waals surface area (Å²) in [4.78, 5) is 11.5. The lowest BCUT2D eigenvalue weighted by atomic mass is 10.1. The molecule has 0 aromatic rings. The second kappa shape index (κ2) is 7.68. The normalized spacial score (nSPS) is 17.3. The Kier molecular flexibility index (Phi) is 6.10. The minimum Gasteiger partial charge on any atom is -0.445 e. The first kappa shape index (κ1) is 13.5. The molecule has 2 N–H and O–H groups in total. The second-order valence-corrected chi connectivity index (χ2v) is 3.93. The first-order chi connectivity index (χ1) is 8.26. The van der Waals surface area contributed by atoms with Gasteiger partial charge in [-0.05, 0) is 31.5 Å².